The van der Waals surface area contributed by atoms with E-state index in [1.54, 1.807) is 16.7 Å². The maximum Gasteiger partial charge on any atom is 0.320 e. The fourth-order valence-corrected chi connectivity index (χ4v) is 4.00. The standard InChI is InChI=1S/C14H25N3O3S/c1-2-3-15-4-6-16(7-5-15)14(20)17-8-9-21-11-12(17)10-13(18)19/h12H,2-11H2,1H3,(H,18,19). The molecule has 1 N–H and O–H groups in total. The second-order valence-corrected chi connectivity index (χ2v) is 6.78. The summed E-state index contributed by atoms with van der Waals surface area (Å²) in [7, 11) is 0. The molecule has 120 valence electrons. The third kappa shape index (κ3) is 4.51. The van der Waals surface area contributed by atoms with Crippen LogP contribution in [0.25, 0.3) is 0 Å². The predicted octanol–water partition coefficient (Wildman–Crippen LogP) is 1.03. The monoisotopic (exact) mass is 315 g/mol. The van der Waals surface area contributed by atoms with Crippen LogP contribution in [0.2, 0.25) is 0 Å². The number of urea groups is 1. The normalized spacial score (nSPS) is 24.1. The molecule has 2 saturated heterocycles. The second kappa shape index (κ2) is 7.89. The summed E-state index contributed by atoms with van der Waals surface area (Å²) in [5.74, 6) is 0.805. The minimum atomic E-state index is -0.826. The van der Waals surface area contributed by atoms with Gasteiger partial charge in [0, 0.05) is 44.2 Å². The van der Waals surface area contributed by atoms with Gasteiger partial charge in [0.25, 0.3) is 0 Å². The number of carbonyl (C=O) groups is 2. The second-order valence-electron chi connectivity index (χ2n) is 5.63. The van der Waals surface area contributed by atoms with E-state index in [4.69, 9.17) is 5.11 Å². The van der Waals surface area contributed by atoms with Crippen molar-refractivity contribution in [2.45, 2.75) is 25.8 Å². The Labute approximate surface area is 130 Å². The highest BCUT2D eigenvalue weighted by atomic mass is 32.2. The van der Waals surface area contributed by atoms with E-state index in [0.717, 1.165) is 50.7 Å². The molecule has 0 aromatic rings. The zero-order valence-electron chi connectivity index (χ0n) is 12.7. The molecule has 0 aromatic heterocycles. The summed E-state index contributed by atoms with van der Waals surface area (Å²) < 4.78 is 0. The number of carboxylic acids is 1. The molecule has 7 heteroatoms. The first-order valence-corrected chi connectivity index (χ1v) is 8.84. The van der Waals surface area contributed by atoms with Gasteiger partial charge in [-0.15, -0.1) is 0 Å². The van der Waals surface area contributed by atoms with Gasteiger partial charge in [-0.1, -0.05) is 6.92 Å². The number of amides is 2. The minimum Gasteiger partial charge on any atom is -0.481 e. The molecular formula is C14H25N3O3S. The number of thioether (sulfide) groups is 1. The van der Waals surface area contributed by atoms with Gasteiger partial charge in [-0.3, -0.25) is 9.69 Å². The molecule has 2 fully saturated rings. The molecule has 1 atom stereocenters. The van der Waals surface area contributed by atoms with E-state index < -0.39 is 5.97 Å². The number of aliphatic carboxylic acids is 1. The van der Waals surface area contributed by atoms with Crippen molar-refractivity contribution in [1.82, 2.24) is 14.7 Å². The number of carboxylic acid groups (broad SMARTS) is 1. The van der Waals surface area contributed by atoms with Crippen molar-refractivity contribution in [2.24, 2.45) is 0 Å². The van der Waals surface area contributed by atoms with Gasteiger partial charge in [0.2, 0.25) is 0 Å². The molecule has 2 rings (SSSR count). The predicted molar refractivity (Wildman–Crippen MR) is 83.8 cm³/mol. The van der Waals surface area contributed by atoms with Gasteiger partial charge in [-0.05, 0) is 13.0 Å². The zero-order chi connectivity index (χ0) is 15.2. The fraction of sp³-hybridized carbons (Fsp3) is 0.857. The lowest BCUT2D eigenvalue weighted by molar-refractivity contribution is -0.138. The molecule has 2 aliphatic rings. The van der Waals surface area contributed by atoms with Gasteiger partial charge in [0.05, 0.1) is 12.5 Å². The highest BCUT2D eigenvalue weighted by Crippen LogP contribution is 2.21. The summed E-state index contributed by atoms with van der Waals surface area (Å²) in [6.45, 7) is 7.27. The Kier molecular flexibility index (Phi) is 6.17. The number of piperazine rings is 1. The summed E-state index contributed by atoms with van der Waals surface area (Å²) in [6.07, 6.45) is 1.19. The molecule has 1 unspecified atom stereocenters. The van der Waals surface area contributed by atoms with Crippen molar-refractivity contribution >= 4 is 23.8 Å². The van der Waals surface area contributed by atoms with Gasteiger partial charge in [-0.2, -0.15) is 11.8 Å². The molecular weight excluding hydrogens is 290 g/mol. The number of rotatable bonds is 4. The van der Waals surface area contributed by atoms with Crippen LogP contribution in [0.4, 0.5) is 4.79 Å². The van der Waals surface area contributed by atoms with Crippen LogP contribution in [0.1, 0.15) is 19.8 Å². The lowest BCUT2D eigenvalue weighted by atomic mass is 10.2. The lowest BCUT2D eigenvalue weighted by Crippen LogP contribution is -2.57. The van der Waals surface area contributed by atoms with Crippen molar-refractivity contribution in [2.75, 3.05) is 50.8 Å². The number of nitrogens with zero attached hydrogens (tertiary/aromatic N) is 3. The van der Waals surface area contributed by atoms with Crippen LogP contribution in [0.3, 0.4) is 0 Å². The highest BCUT2D eigenvalue weighted by molar-refractivity contribution is 7.99. The first kappa shape index (κ1) is 16.4. The van der Waals surface area contributed by atoms with E-state index >= 15 is 0 Å². The molecule has 0 bridgehead atoms. The Hall–Kier alpha value is -0.950. The summed E-state index contributed by atoms with van der Waals surface area (Å²) in [5, 5.41) is 9.00. The first-order chi connectivity index (χ1) is 10.1. The van der Waals surface area contributed by atoms with E-state index in [1.165, 1.54) is 0 Å². The van der Waals surface area contributed by atoms with Crippen molar-refractivity contribution in [3.8, 4) is 0 Å². The van der Waals surface area contributed by atoms with E-state index in [-0.39, 0.29) is 18.5 Å². The first-order valence-electron chi connectivity index (χ1n) is 7.69. The van der Waals surface area contributed by atoms with Crippen LogP contribution in [0, 0.1) is 0 Å². The van der Waals surface area contributed by atoms with Crippen molar-refractivity contribution in [3.63, 3.8) is 0 Å². The molecule has 21 heavy (non-hydrogen) atoms. The molecule has 0 aromatic carbocycles. The van der Waals surface area contributed by atoms with Crippen LogP contribution < -0.4 is 0 Å². The molecule has 0 radical (unpaired) electrons. The Bertz CT molecular complexity index is 372. The van der Waals surface area contributed by atoms with E-state index in [1.807, 2.05) is 4.90 Å². The number of hydrogen-bond acceptors (Lipinski definition) is 4. The van der Waals surface area contributed by atoms with E-state index in [0.29, 0.717) is 6.54 Å². The van der Waals surface area contributed by atoms with Crippen LogP contribution in [-0.4, -0.2) is 88.6 Å². The highest BCUT2D eigenvalue weighted by Gasteiger charge is 2.32. The third-order valence-corrected chi connectivity index (χ3v) is 5.16. The minimum absolute atomic E-state index is 0.0256. The Morgan fingerprint density at radius 1 is 1.19 bits per heavy atom. The Balaban J connectivity index is 1.90. The van der Waals surface area contributed by atoms with Crippen LogP contribution in [-0.2, 0) is 4.79 Å². The topological polar surface area (TPSA) is 64.1 Å². The maximum absolute atomic E-state index is 12.6. The molecule has 0 spiro atoms. The summed E-state index contributed by atoms with van der Waals surface area (Å²) >= 11 is 1.74. The SMILES string of the molecule is CCCN1CCN(C(=O)N2CCSCC2CC(=O)O)CC1. The van der Waals surface area contributed by atoms with Gasteiger partial charge in [0.15, 0.2) is 0 Å². The van der Waals surface area contributed by atoms with Gasteiger partial charge >= 0.3 is 12.0 Å². The molecule has 0 aliphatic carbocycles. The third-order valence-electron chi connectivity index (χ3n) is 4.07. The van der Waals surface area contributed by atoms with Crippen LogP contribution in [0.15, 0.2) is 0 Å². The van der Waals surface area contributed by atoms with Gasteiger partial charge in [0.1, 0.15) is 0 Å². The van der Waals surface area contributed by atoms with Crippen LogP contribution in [0.5, 0.6) is 0 Å². The zero-order valence-corrected chi connectivity index (χ0v) is 13.5. The maximum atomic E-state index is 12.6. The number of hydrogen-bond donors (Lipinski definition) is 1. The van der Waals surface area contributed by atoms with E-state index in [9.17, 15) is 9.59 Å². The summed E-state index contributed by atoms with van der Waals surface area (Å²) in [6, 6.07) is -0.139. The Morgan fingerprint density at radius 2 is 1.90 bits per heavy atom. The van der Waals surface area contributed by atoms with Gasteiger partial charge < -0.3 is 14.9 Å². The largest absolute Gasteiger partial charge is 0.481 e. The smallest absolute Gasteiger partial charge is 0.320 e. The average Bonchev–Trinajstić information content (AvgIpc) is 2.48. The van der Waals surface area contributed by atoms with E-state index in [2.05, 4.69) is 11.8 Å². The van der Waals surface area contributed by atoms with Crippen molar-refractivity contribution < 1.29 is 14.7 Å². The molecule has 2 heterocycles. The molecule has 2 amide bonds. The summed E-state index contributed by atoms with van der Waals surface area (Å²) in [5.41, 5.74) is 0. The number of carbonyl (C=O) groups excluding carboxylic acids is 1. The van der Waals surface area contributed by atoms with Gasteiger partial charge in [-0.25, -0.2) is 4.79 Å². The fourth-order valence-electron chi connectivity index (χ4n) is 2.94. The van der Waals surface area contributed by atoms with Crippen molar-refractivity contribution in [1.29, 1.82) is 0 Å². The average molecular weight is 315 g/mol. The molecule has 2 aliphatic heterocycles. The van der Waals surface area contributed by atoms with Crippen LogP contribution >= 0.6 is 11.8 Å². The lowest BCUT2D eigenvalue weighted by Gasteiger charge is -2.41. The molecule has 6 nitrogen and oxygen atoms in total. The summed E-state index contributed by atoms with van der Waals surface area (Å²) in [4.78, 5) is 29.6. The van der Waals surface area contributed by atoms with Crippen molar-refractivity contribution in [3.05, 3.63) is 0 Å². The Morgan fingerprint density at radius 3 is 2.52 bits per heavy atom. The molecule has 0 saturated carbocycles. The quantitative estimate of drug-likeness (QED) is 0.839.